The second kappa shape index (κ2) is 11.9. The zero-order valence-corrected chi connectivity index (χ0v) is 22.5. The lowest BCUT2D eigenvalue weighted by molar-refractivity contribution is 0.0753. The first-order chi connectivity index (χ1) is 18.2. The molecule has 0 aliphatic heterocycles. The van der Waals surface area contributed by atoms with Gasteiger partial charge in [0, 0.05) is 18.1 Å². The molecule has 0 fully saturated rings. The van der Waals surface area contributed by atoms with E-state index in [4.69, 9.17) is 27.9 Å². The van der Waals surface area contributed by atoms with Gasteiger partial charge in [-0.2, -0.15) is 0 Å². The van der Waals surface area contributed by atoms with Crippen LogP contribution in [0.2, 0.25) is 10.0 Å². The predicted molar refractivity (Wildman–Crippen MR) is 147 cm³/mol. The highest BCUT2D eigenvalue weighted by atomic mass is 35.5. The molecule has 0 heterocycles. The van der Waals surface area contributed by atoms with Crippen molar-refractivity contribution in [2.75, 3.05) is 11.3 Å². The lowest BCUT2D eigenvalue weighted by Gasteiger charge is -2.23. The van der Waals surface area contributed by atoms with Crippen LogP contribution in [-0.2, 0) is 16.6 Å². The summed E-state index contributed by atoms with van der Waals surface area (Å²) in [4.78, 5) is 14.9. The van der Waals surface area contributed by atoms with Crippen LogP contribution in [-0.4, -0.2) is 25.8 Å². The Bertz CT molecular complexity index is 1550. The van der Waals surface area contributed by atoms with Crippen molar-refractivity contribution in [1.29, 1.82) is 0 Å². The maximum Gasteiger partial charge on any atom is 0.261 e. The standard InChI is InChI=1S/C28H23Cl2FN2O4S/c1-2-33(18-19-7-10-21(31)11-8-19)28(34)24-17-20(29)9-16-26(24)32-38(35,36)23-14-12-22(13-15-23)37-27-6-4-3-5-25(27)30/h3-17,32H,2,18H2,1H3. The summed E-state index contributed by atoms with van der Waals surface area (Å²) >= 11 is 12.3. The normalized spacial score (nSPS) is 11.2. The Hall–Kier alpha value is -3.59. The van der Waals surface area contributed by atoms with Crippen molar-refractivity contribution in [2.45, 2.75) is 18.4 Å². The largest absolute Gasteiger partial charge is 0.456 e. The van der Waals surface area contributed by atoms with E-state index in [0.29, 0.717) is 23.1 Å². The highest BCUT2D eigenvalue weighted by molar-refractivity contribution is 7.92. The van der Waals surface area contributed by atoms with Crippen LogP contribution in [0.15, 0.2) is 95.9 Å². The van der Waals surface area contributed by atoms with Crippen molar-refractivity contribution in [3.63, 3.8) is 0 Å². The third-order valence-electron chi connectivity index (χ3n) is 5.61. The average Bonchev–Trinajstić information content (AvgIpc) is 2.90. The van der Waals surface area contributed by atoms with Crippen molar-refractivity contribution in [3.8, 4) is 11.5 Å². The highest BCUT2D eigenvalue weighted by Gasteiger charge is 2.23. The number of benzene rings is 4. The summed E-state index contributed by atoms with van der Waals surface area (Å²) in [7, 11) is -4.06. The number of hydrogen-bond donors (Lipinski definition) is 1. The summed E-state index contributed by atoms with van der Waals surface area (Å²) in [6.07, 6.45) is 0. The minimum absolute atomic E-state index is 0.0315. The molecule has 0 unspecified atom stereocenters. The molecule has 1 amide bonds. The number of nitrogens with zero attached hydrogens (tertiary/aromatic N) is 1. The number of carbonyl (C=O) groups is 1. The second-order valence-corrected chi connectivity index (χ2v) is 10.8. The molecular weight excluding hydrogens is 550 g/mol. The number of para-hydroxylation sites is 1. The lowest BCUT2D eigenvalue weighted by atomic mass is 10.1. The van der Waals surface area contributed by atoms with Crippen molar-refractivity contribution in [1.82, 2.24) is 4.90 Å². The van der Waals surface area contributed by atoms with Crippen LogP contribution >= 0.6 is 23.2 Å². The van der Waals surface area contributed by atoms with Gasteiger partial charge >= 0.3 is 0 Å². The molecule has 4 aromatic carbocycles. The molecule has 6 nitrogen and oxygen atoms in total. The summed E-state index contributed by atoms with van der Waals surface area (Å²) in [5.74, 6) is 0.0331. The summed E-state index contributed by atoms with van der Waals surface area (Å²) in [5, 5.41) is 0.696. The van der Waals surface area contributed by atoms with Crippen molar-refractivity contribution in [3.05, 3.63) is 118 Å². The molecule has 38 heavy (non-hydrogen) atoms. The number of carbonyl (C=O) groups excluding carboxylic acids is 1. The third kappa shape index (κ3) is 6.64. The van der Waals surface area contributed by atoms with Gasteiger partial charge in [-0.15, -0.1) is 0 Å². The van der Waals surface area contributed by atoms with E-state index in [2.05, 4.69) is 4.72 Å². The van der Waals surface area contributed by atoms with Gasteiger partial charge in [-0.05, 0) is 79.2 Å². The Morgan fingerprint density at radius 3 is 2.29 bits per heavy atom. The SMILES string of the molecule is CCN(Cc1ccc(F)cc1)C(=O)c1cc(Cl)ccc1NS(=O)(=O)c1ccc(Oc2ccccc2Cl)cc1. The number of sulfonamides is 1. The van der Waals surface area contributed by atoms with Crippen molar-refractivity contribution >= 4 is 44.8 Å². The molecule has 196 valence electrons. The van der Waals surface area contributed by atoms with Crippen LogP contribution in [0.3, 0.4) is 0 Å². The first-order valence-electron chi connectivity index (χ1n) is 11.5. The van der Waals surface area contributed by atoms with E-state index in [1.165, 1.54) is 59.5 Å². The zero-order valence-electron chi connectivity index (χ0n) is 20.2. The molecule has 0 atom stereocenters. The van der Waals surface area contributed by atoms with E-state index in [-0.39, 0.29) is 33.5 Å². The van der Waals surface area contributed by atoms with Gasteiger partial charge in [-0.25, -0.2) is 12.8 Å². The molecule has 4 aromatic rings. The molecule has 4 rings (SSSR count). The van der Waals surface area contributed by atoms with Gasteiger partial charge in [0.1, 0.15) is 17.3 Å². The van der Waals surface area contributed by atoms with E-state index >= 15 is 0 Å². The predicted octanol–water partition coefficient (Wildman–Crippen LogP) is 7.39. The van der Waals surface area contributed by atoms with Gasteiger partial charge in [0.25, 0.3) is 15.9 Å². The molecule has 0 aliphatic carbocycles. The van der Waals surface area contributed by atoms with E-state index < -0.39 is 15.9 Å². The summed E-state index contributed by atoms with van der Waals surface area (Å²) in [6, 6.07) is 22.9. The summed E-state index contributed by atoms with van der Waals surface area (Å²) in [6.45, 7) is 2.34. The van der Waals surface area contributed by atoms with Crippen molar-refractivity contribution in [2.24, 2.45) is 0 Å². The van der Waals surface area contributed by atoms with Crippen molar-refractivity contribution < 1.29 is 22.3 Å². The smallest absolute Gasteiger partial charge is 0.261 e. The number of anilines is 1. The van der Waals surface area contributed by atoms with E-state index in [1.807, 2.05) is 0 Å². The Labute approximate surface area is 230 Å². The number of rotatable bonds is 9. The van der Waals surface area contributed by atoms with Crippen LogP contribution in [0.4, 0.5) is 10.1 Å². The van der Waals surface area contributed by atoms with E-state index in [1.54, 1.807) is 43.3 Å². The number of ether oxygens (including phenoxy) is 1. The number of nitrogens with one attached hydrogen (secondary N) is 1. The Morgan fingerprint density at radius 1 is 0.947 bits per heavy atom. The maximum absolute atomic E-state index is 13.4. The minimum Gasteiger partial charge on any atom is -0.456 e. The second-order valence-electron chi connectivity index (χ2n) is 8.25. The Kier molecular flexibility index (Phi) is 8.56. The first kappa shape index (κ1) is 27.4. The zero-order chi connectivity index (χ0) is 27.3. The van der Waals surface area contributed by atoms with E-state index in [0.717, 1.165) is 5.56 Å². The van der Waals surface area contributed by atoms with Gasteiger partial charge < -0.3 is 9.64 Å². The minimum atomic E-state index is -4.06. The van der Waals surface area contributed by atoms with Gasteiger partial charge in [0.2, 0.25) is 0 Å². The van der Waals surface area contributed by atoms with Crippen LogP contribution < -0.4 is 9.46 Å². The van der Waals surface area contributed by atoms with Gasteiger partial charge in [-0.3, -0.25) is 9.52 Å². The Balaban J connectivity index is 1.55. The highest BCUT2D eigenvalue weighted by Crippen LogP contribution is 2.30. The number of amides is 1. The molecular formula is C28H23Cl2FN2O4S. The maximum atomic E-state index is 13.4. The van der Waals surface area contributed by atoms with E-state index in [9.17, 15) is 17.6 Å². The summed E-state index contributed by atoms with van der Waals surface area (Å²) < 4.78 is 47.9. The lowest BCUT2D eigenvalue weighted by Crippen LogP contribution is -2.31. The molecule has 0 aliphatic rings. The molecule has 10 heteroatoms. The monoisotopic (exact) mass is 572 g/mol. The summed E-state index contributed by atoms with van der Waals surface area (Å²) in [5.41, 5.74) is 0.891. The van der Waals surface area contributed by atoms with Crippen LogP contribution in [0.1, 0.15) is 22.8 Å². The average molecular weight is 573 g/mol. The third-order valence-corrected chi connectivity index (χ3v) is 7.54. The molecule has 0 aromatic heterocycles. The van der Waals surface area contributed by atoms with Crippen LogP contribution in [0.25, 0.3) is 0 Å². The molecule has 0 spiro atoms. The molecule has 0 radical (unpaired) electrons. The molecule has 0 bridgehead atoms. The van der Waals surface area contributed by atoms with Gasteiger partial charge in [0.15, 0.2) is 0 Å². The number of hydrogen-bond acceptors (Lipinski definition) is 4. The molecule has 1 N–H and O–H groups in total. The van der Waals surface area contributed by atoms with Gasteiger partial charge in [0.05, 0.1) is 21.2 Å². The van der Waals surface area contributed by atoms with Crippen LogP contribution in [0.5, 0.6) is 11.5 Å². The quantitative estimate of drug-likeness (QED) is 0.227. The fourth-order valence-electron chi connectivity index (χ4n) is 3.64. The molecule has 0 saturated heterocycles. The van der Waals surface area contributed by atoms with Gasteiger partial charge in [-0.1, -0.05) is 47.5 Å². The fraction of sp³-hybridized carbons (Fsp3) is 0.107. The van der Waals surface area contributed by atoms with Crippen LogP contribution in [0, 0.1) is 5.82 Å². The Morgan fingerprint density at radius 2 is 1.63 bits per heavy atom. The topological polar surface area (TPSA) is 75.7 Å². The fourth-order valence-corrected chi connectivity index (χ4v) is 5.06. The molecule has 0 saturated carbocycles. The number of halogens is 3. The first-order valence-corrected chi connectivity index (χ1v) is 13.8.